The van der Waals surface area contributed by atoms with E-state index < -0.39 is 17.6 Å². The number of aromatic nitrogens is 1. The second-order valence-electron chi connectivity index (χ2n) is 8.08. The lowest BCUT2D eigenvalue weighted by atomic mass is 9.94. The number of aliphatic imine (C=N–C) groups is 1. The average molecular weight is 512 g/mol. The van der Waals surface area contributed by atoms with Crippen molar-refractivity contribution in [2.24, 2.45) is 4.99 Å². The number of benzene rings is 2. The molecule has 0 unspecified atom stereocenters. The fourth-order valence-corrected chi connectivity index (χ4v) is 4.67. The van der Waals surface area contributed by atoms with E-state index in [1.807, 2.05) is 6.07 Å². The number of hydrogen-bond acceptors (Lipinski definition) is 4. The number of nitrogens with zero attached hydrogens (tertiary/aromatic N) is 2. The number of aliphatic carboxylic acids is 1. The van der Waals surface area contributed by atoms with Crippen molar-refractivity contribution >= 4 is 40.7 Å². The molecule has 0 radical (unpaired) electrons. The Bertz CT molecular complexity index is 1460. The summed E-state index contributed by atoms with van der Waals surface area (Å²) in [6, 6.07) is 12.4. The van der Waals surface area contributed by atoms with Crippen LogP contribution in [0.4, 0.5) is 14.6 Å². The molecule has 176 valence electrons. The van der Waals surface area contributed by atoms with Crippen LogP contribution in [0.25, 0.3) is 11.3 Å². The quantitative estimate of drug-likeness (QED) is 0.408. The summed E-state index contributed by atoms with van der Waals surface area (Å²) in [7, 11) is 0. The molecule has 0 amide bonds. The monoisotopic (exact) mass is 511 g/mol. The van der Waals surface area contributed by atoms with Crippen LogP contribution in [0.3, 0.4) is 0 Å². The van der Waals surface area contributed by atoms with Gasteiger partial charge in [0.1, 0.15) is 17.5 Å². The molecule has 9 heteroatoms. The molecule has 3 aromatic rings. The van der Waals surface area contributed by atoms with E-state index in [0.717, 1.165) is 11.3 Å². The van der Waals surface area contributed by atoms with Crippen LogP contribution in [0.15, 0.2) is 75.9 Å². The van der Waals surface area contributed by atoms with Crippen molar-refractivity contribution in [3.63, 3.8) is 0 Å². The molecular formula is C26H17Cl2F2N3O2. The third-order valence-electron chi connectivity index (χ3n) is 5.86. The van der Waals surface area contributed by atoms with Crippen molar-refractivity contribution in [2.45, 2.75) is 19.4 Å². The molecule has 2 heterocycles. The zero-order valence-corrected chi connectivity index (χ0v) is 19.6. The number of allylic oxidation sites excluding steroid dienone is 3. The van der Waals surface area contributed by atoms with Gasteiger partial charge in [0.05, 0.1) is 34.1 Å². The van der Waals surface area contributed by atoms with Crippen molar-refractivity contribution in [2.75, 3.05) is 5.32 Å². The molecule has 1 aliphatic heterocycles. The first kappa shape index (κ1) is 23.2. The number of anilines is 1. The van der Waals surface area contributed by atoms with Gasteiger partial charge in [0.25, 0.3) is 0 Å². The molecule has 1 aromatic heterocycles. The van der Waals surface area contributed by atoms with Crippen LogP contribution >= 0.6 is 23.2 Å². The number of carboxylic acids is 1. The van der Waals surface area contributed by atoms with Gasteiger partial charge < -0.3 is 10.4 Å². The molecule has 0 atom stereocenters. The highest BCUT2D eigenvalue weighted by Gasteiger charge is 2.25. The van der Waals surface area contributed by atoms with E-state index in [0.29, 0.717) is 40.5 Å². The molecule has 1 aliphatic carbocycles. The lowest BCUT2D eigenvalue weighted by molar-refractivity contribution is -0.132. The second-order valence-corrected chi connectivity index (χ2v) is 8.93. The van der Waals surface area contributed by atoms with Crippen LogP contribution in [0, 0.1) is 11.6 Å². The fraction of sp³-hybridized carbons (Fsp3) is 0.115. The average Bonchev–Trinajstić information content (AvgIpc) is 2.96. The number of hydrogen-bond donors (Lipinski definition) is 2. The first-order valence-corrected chi connectivity index (χ1v) is 11.5. The summed E-state index contributed by atoms with van der Waals surface area (Å²) in [5, 5.41) is 13.0. The number of halogens is 4. The maximum Gasteiger partial charge on any atom is 0.333 e. The van der Waals surface area contributed by atoms with Gasteiger partial charge in [-0.05, 0) is 49.2 Å². The molecule has 0 saturated heterocycles. The Morgan fingerprint density at radius 3 is 2.49 bits per heavy atom. The van der Waals surface area contributed by atoms with Gasteiger partial charge in [-0.2, -0.15) is 0 Å². The zero-order valence-electron chi connectivity index (χ0n) is 18.1. The highest BCUT2D eigenvalue weighted by atomic mass is 35.5. The standard InChI is InChI=1S/C26H17Cl2F2N3O2/c27-14-5-7-16-18(10-14)25(23-20(29)2-1-3-21(23)30)31-12-13-4-9-22(33-24(13)16)32-15-6-8-17(26(34)35)19(28)11-15/h1-5,7,9-11H,6,8,12H2,(H,32,33)(H,34,35). The Hall–Kier alpha value is -3.55. The number of pyridine rings is 1. The molecule has 0 fully saturated rings. The van der Waals surface area contributed by atoms with E-state index in [-0.39, 0.29) is 28.4 Å². The Labute approximate surface area is 209 Å². The van der Waals surface area contributed by atoms with Crippen LogP contribution in [0.5, 0.6) is 0 Å². The van der Waals surface area contributed by atoms with Crippen LogP contribution in [0.2, 0.25) is 5.02 Å². The van der Waals surface area contributed by atoms with E-state index in [9.17, 15) is 18.7 Å². The SMILES string of the molecule is O=C(O)C1=C(Cl)C=C(Nc2ccc3c(n2)-c2ccc(Cl)cc2C(c2c(F)cccc2F)=NC3)CC1. The highest BCUT2D eigenvalue weighted by Crippen LogP contribution is 2.35. The molecule has 2 aromatic carbocycles. The van der Waals surface area contributed by atoms with E-state index >= 15 is 0 Å². The van der Waals surface area contributed by atoms with Gasteiger partial charge in [0.15, 0.2) is 0 Å². The first-order chi connectivity index (χ1) is 16.8. The summed E-state index contributed by atoms with van der Waals surface area (Å²) in [6.45, 7) is 0.164. The summed E-state index contributed by atoms with van der Waals surface area (Å²) < 4.78 is 29.4. The number of fused-ring (bicyclic) bond motifs is 3. The number of carboxylic acid groups (broad SMARTS) is 1. The maximum absolute atomic E-state index is 14.7. The highest BCUT2D eigenvalue weighted by molar-refractivity contribution is 6.33. The summed E-state index contributed by atoms with van der Waals surface area (Å²) in [5.41, 5.74) is 3.32. The van der Waals surface area contributed by atoms with Gasteiger partial charge in [-0.1, -0.05) is 41.4 Å². The lowest BCUT2D eigenvalue weighted by Gasteiger charge is -2.17. The van der Waals surface area contributed by atoms with E-state index in [2.05, 4.69) is 10.3 Å². The molecule has 5 nitrogen and oxygen atoms in total. The van der Waals surface area contributed by atoms with Gasteiger partial charge in [-0.3, -0.25) is 4.99 Å². The normalized spacial score (nSPS) is 15.0. The number of rotatable bonds is 4. The third kappa shape index (κ3) is 4.45. The largest absolute Gasteiger partial charge is 0.478 e. The molecule has 35 heavy (non-hydrogen) atoms. The van der Waals surface area contributed by atoms with Crippen molar-refractivity contribution in [1.29, 1.82) is 0 Å². The fourth-order valence-electron chi connectivity index (χ4n) is 4.19. The second kappa shape index (κ2) is 9.24. The van der Waals surface area contributed by atoms with Crippen molar-refractivity contribution < 1.29 is 18.7 Å². The maximum atomic E-state index is 14.7. The molecule has 0 bridgehead atoms. The van der Waals surface area contributed by atoms with Gasteiger partial charge in [-0.15, -0.1) is 0 Å². The van der Waals surface area contributed by atoms with E-state index in [1.165, 1.54) is 18.2 Å². The van der Waals surface area contributed by atoms with E-state index in [1.54, 1.807) is 30.3 Å². The van der Waals surface area contributed by atoms with Crippen LogP contribution < -0.4 is 5.32 Å². The summed E-state index contributed by atoms with van der Waals surface area (Å²) in [5.74, 6) is -1.96. The minimum absolute atomic E-state index is 0.164. The van der Waals surface area contributed by atoms with Gasteiger partial charge >= 0.3 is 5.97 Å². The molecule has 5 rings (SSSR count). The Morgan fingerprint density at radius 2 is 1.77 bits per heavy atom. The molecule has 2 aliphatic rings. The van der Waals surface area contributed by atoms with Gasteiger partial charge in [0.2, 0.25) is 0 Å². The summed E-state index contributed by atoms with van der Waals surface area (Å²) >= 11 is 12.4. The molecule has 2 N–H and O–H groups in total. The number of carbonyl (C=O) groups is 1. The van der Waals surface area contributed by atoms with Crippen molar-refractivity contribution in [3.8, 4) is 11.3 Å². The third-order valence-corrected chi connectivity index (χ3v) is 6.43. The Kier molecular flexibility index (Phi) is 6.13. The lowest BCUT2D eigenvalue weighted by Crippen LogP contribution is -2.11. The molecule has 0 spiro atoms. The number of nitrogens with one attached hydrogen (secondary N) is 1. The van der Waals surface area contributed by atoms with Crippen molar-refractivity contribution in [3.05, 3.63) is 104 Å². The Balaban J connectivity index is 1.58. The van der Waals surface area contributed by atoms with E-state index in [4.69, 9.17) is 28.2 Å². The first-order valence-electron chi connectivity index (χ1n) is 10.7. The summed E-state index contributed by atoms with van der Waals surface area (Å²) in [6.07, 6.45) is 2.34. The predicted molar refractivity (Wildman–Crippen MR) is 132 cm³/mol. The Morgan fingerprint density at radius 1 is 1.00 bits per heavy atom. The molecule has 0 saturated carbocycles. The summed E-state index contributed by atoms with van der Waals surface area (Å²) in [4.78, 5) is 20.6. The topological polar surface area (TPSA) is 74.6 Å². The van der Waals surface area contributed by atoms with Crippen LogP contribution in [0.1, 0.15) is 29.5 Å². The zero-order chi connectivity index (χ0) is 24.7. The smallest absolute Gasteiger partial charge is 0.333 e. The predicted octanol–water partition coefficient (Wildman–Crippen LogP) is 6.70. The van der Waals surface area contributed by atoms with Crippen LogP contribution in [-0.2, 0) is 11.3 Å². The molecular weight excluding hydrogens is 495 g/mol. The van der Waals surface area contributed by atoms with Crippen LogP contribution in [-0.4, -0.2) is 21.8 Å². The minimum atomic E-state index is -1.04. The minimum Gasteiger partial charge on any atom is -0.478 e. The van der Waals surface area contributed by atoms with Gasteiger partial charge in [0, 0.05) is 27.4 Å². The van der Waals surface area contributed by atoms with Crippen molar-refractivity contribution in [1.82, 2.24) is 4.98 Å². The van der Waals surface area contributed by atoms with Gasteiger partial charge in [-0.25, -0.2) is 18.6 Å².